The van der Waals surface area contributed by atoms with Crippen LogP contribution in [0.1, 0.15) is 32.3 Å². The van der Waals surface area contributed by atoms with Gasteiger partial charge in [0.2, 0.25) is 0 Å². The fraction of sp³-hybridized carbons (Fsp3) is 0.571. The molecular formula is C14H17ClO. The molecule has 1 saturated carbocycles. The third kappa shape index (κ3) is 1.37. The summed E-state index contributed by atoms with van der Waals surface area (Å²) in [5.74, 6) is 2.47. The van der Waals surface area contributed by atoms with Crippen molar-refractivity contribution < 1.29 is 4.74 Å². The molecule has 1 aliphatic carbocycles. The zero-order valence-electron chi connectivity index (χ0n) is 9.79. The van der Waals surface area contributed by atoms with E-state index in [1.54, 1.807) is 0 Å². The predicted molar refractivity (Wildman–Crippen MR) is 66.3 cm³/mol. The van der Waals surface area contributed by atoms with Crippen LogP contribution in [-0.2, 0) is 5.41 Å². The second-order valence-electron chi connectivity index (χ2n) is 5.75. The van der Waals surface area contributed by atoms with E-state index in [4.69, 9.17) is 16.3 Å². The van der Waals surface area contributed by atoms with E-state index < -0.39 is 0 Å². The minimum absolute atomic E-state index is 0.0604. The standard InChI is InChI=1S/C14H17ClO/c1-13(2)9-14(7-10(14)8-15)11-5-3-4-6-12(11)16-13/h3-6,10H,7-9H2,1-2H3. The molecule has 1 nitrogen and oxygen atoms in total. The average Bonchev–Trinajstić information content (AvgIpc) is 2.90. The zero-order chi connectivity index (χ0) is 11.4. The van der Waals surface area contributed by atoms with E-state index in [0.717, 1.165) is 18.1 Å². The van der Waals surface area contributed by atoms with E-state index in [1.165, 1.54) is 12.0 Å². The van der Waals surface area contributed by atoms with Crippen LogP contribution in [0.3, 0.4) is 0 Å². The molecule has 2 aliphatic rings. The summed E-state index contributed by atoms with van der Waals surface area (Å²) in [6, 6.07) is 8.44. The molecule has 2 heteroatoms. The monoisotopic (exact) mass is 236 g/mol. The van der Waals surface area contributed by atoms with E-state index in [0.29, 0.717) is 11.3 Å². The first-order valence-electron chi connectivity index (χ1n) is 5.92. The molecule has 1 aromatic carbocycles. The van der Waals surface area contributed by atoms with Crippen molar-refractivity contribution in [2.24, 2.45) is 5.92 Å². The largest absolute Gasteiger partial charge is 0.488 e. The Morgan fingerprint density at radius 3 is 2.81 bits per heavy atom. The first kappa shape index (κ1) is 10.5. The van der Waals surface area contributed by atoms with Gasteiger partial charge in [0, 0.05) is 16.9 Å². The molecule has 2 unspecified atom stereocenters. The van der Waals surface area contributed by atoms with E-state index in [2.05, 4.69) is 32.0 Å². The first-order chi connectivity index (χ1) is 7.57. The quantitative estimate of drug-likeness (QED) is 0.675. The van der Waals surface area contributed by atoms with Gasteiger partial charge in [-0.05, 0) is 38.7 Å². The van der Waals surface area contributed by atoms with Gasteiger partial charge in [-0.25, -0.2) is 0 Å². The minimum atomic E-state index is -0.0604. The highest BCUT2D eigenvalue weighted by atomic mass is 35.5. The summed E-state index contributed by atoms with van der Waals surface area (Å²) in [4.78, 5) is 0. The molecule has 0 radical (unpaired) electrons. The molecule has 0 aromatic heterocycles. The Labute approximate surface area is 102 Å². The maximum absolute atomic E-state index is 6.04. The Balaban J connectivity index is 2.08. The van der Waals surface area contributed by atoms with Gasteiger partial charge in [0.25, 0.3) is 0 Å². The molecule has 0 bridgehead atoms. The molecule has 1 fully saturated rings. The maximum Gasteiger partial charge on any atom is 0.123 e. The number of benzene rings is 1. The van der Waals surface area contributed by atoms with Crippen LogP contribution in [0.2, 0.25) is 0 Å². The van der Waals surface area contributed by atoms with E-state index in [1.807, 2.05) is 6.07 Å². The molecule has 0 saturated heterocycles. The van der Waals surface area contributed by atoms with Crippen molar-refractivity contribution in [1.29, 1.82) is 0 Å². The van der Waals surface area contributed by atoms with Gasteiger partial charge in [-0.15, -0.1) is 11.6 Å². The van der Waals surface area contributed by atoms with Gasteiger partial charge >= 0.3 is 0 Å². The zero-order valence-corrected chi connectivity index (χ0v) is 10.6. The summed E-state index contributed by atoms with van der Waals surface area (Å²) in [5, 5.41) is 0. The van der Waals surface area contributed by atoms with Gasteiger partial charge in [-0.3, -0.25) is 0 Å². The summed E-state index contributed by atoms with van der Waals surface area (Å²) >= 11 is 6.04. The molecule has 1 heterocycles. The van der Waals surface area contributed by atoms with Gasteiger partial charge < -0.3 is 4.74 Å². The highest BCUT2D eigenvalue weighted by molar-refractivity contribution is 6.18. The molecule has 2 atom stereocenters. The number of ether oxygens (including phenoxy) is 1. The average molecular weight is 237 g/mol. The van der Waals surface area contributed by atoms with Crippen LogP contribution in [0.5, 0.6) is 5.75 Å². The third-order valence-corrected chi connectivity index (χ3v) is 4.34. The number of fused-ring (bicyclic) bond motifs is 2. The lowest BCUT2D eigenvalue weighted by molar-refractivity contribution is 0.0644. The molecule has 0 amide bonds. The Bertz CT molecular complexity index is 426. The highest BCUT2D eigenvalue weighted by Crippen LogP contribution is 2.63. The molecule has 1 aliphatic heterocycles. The summed E-state index contributed by atoms with van der Waals surface area (Å²) in [5.41, 5.74) is 1.62. The van der Waals surface area contributed by atoms with Crippen molar-refractivity contribution in [3.05, 3.63) is 29.8 Å². The lowest BCUT2D eigenvalue weighted by Gasteiger charge is -2.38. The van der Waals surface area contributed by atoms with Crippen LogP contribution in [0.4, 0.5) is 0 Å². The smallest absolute Gasteiger partial charge is 0.123 e. The Morgan fingerprint density at radius 2 is 2.12 bits per heavy atom. The van der Waals surface area contributed by atoms with Crippen molar-refractivity contribution in [3.8, 4) is 5.75 Å². The van der Waals surface area contributed by atoms with E-state index in [-0.39, 0.29) is 5.60 Å². The molecule has 1 aromatic rings. The van der Waals surface area contributed by atoms with Crippen LogP contribution in [-0.4, -0.2) is 11.5 Å². The van der Waals surface area contributed by atoms with E-state index >= 15 is 0 Å². The number of hydrogen-bond acceptors (Lipinski definition) is 1. The molecule has 1 spiro atoms. The number of hydrogen-bond donors (Lipinski definition) is 0. The Hall–Kier alpha value is -0.690. The normalized spacial score (nSPS) is 34.3. The first-order valence-corrected chi connectivity index (χ1v) is 6.45. The lowest BCUT2D eigenvalue weighted by atomic mass is 9.80. The van der Waals surface area contributed by atoms with Gasteiger partial charge in [0.05, 0.1) is 0 Å². The maximum atomic E-state index is 6.04. The molecule has 16 heavy (non-hydrogen) atoms. The van der Waals surface area contributed by atoms with Crippen molar-refractivity contribution in [2.45, 2.75) is 37.7 Å². The van der Waals surface area contributed by atoms with Crippen molar-refractivity contribution in [2.75, 3.05) is 5.88 Å². The number of halogens is 1. The van der Waals surface area contributed by atoms with Crippen LogP contribution >= 0.6 is 11.6 Å². The molecule has 3 rings (SSSR count). The van der Waals surface area contributed by atoms with Crippen molar-refractivity contribution >= 4 is 11.6 Å². The molecule has 86 valence electrons. The van der Waals surface area contributed by atoms with Gasteiger partial charge in [-0.2, -0.15) is 0 Å². The minimum Gasteiger partial charge on any atom is -0.488 e. The summed E-state index contributed by atoms with van der Waals surface area (Å²) in [6.07, 6.45) is 2.31. The number of para-hydroxylation sites is 1. The second-order valence-corrected chi connectivity index (χ2v) is 6.05. The van der Waals surface area contributed by atoms with Gasteiger partial charge in [-0.1, -0.05) is 18.2 Å². The summed E-state index contributed by atoms with van der Waals surface area (Å²) in [6.45, 7) is 4.35. The fourth-order valence-electron chi connectivity index (χ4n) is 3.29. The third-order valence-electron chi connectivity index (χ3n) is 3.97. The van der Waals surface area contributed by atoms with E-state index in [9.17, 15) is 0 Å². The van der Waals surface area contributed by atoms with Gasteiger partial charge in [0.1, 0.15) is 11.4 Å². The van der Waals surface area contributed by atoms with Crippen molar-refractivity contribution in [3.63, 3.8) is 0 Å². The summed E-state index contributed by atoms with van der Waals surface area (Å²) in [7, 11) is 0. The van der Waals surface area contributed by atoms with Crippen molar-refractivity contribution in [1.82, 2.24) is 0 Å². The highest BCUT2D eigenvalue weighted by Gasteiger charge is 2.60. The van der Waals surface area contributed by atoms with Crippen LogP contribution in [0.15, 0.2) is 24.3 Å². The van der Waals surface area contributed by atoms with Crippen LogP contribution in [0, 0.1) is 5.92 Å². The number of alkyl halides is 1. The fourth-order valence-corrected chi connectivity index (χ4v) is 3.69. The van der Waals surface area contributed by atoms with Gasteiger partial charge in [0.15, 0.2) is 0 Å². The Kier molecular flexibility index (Phi) is 2.07. The summed E-state index contributed by atoms with van der Waals surface area (Å²) < 4.78 is 6.04. The Morgan fingerprint density at radius 1 is 1.38 bits per heavy atom. The molecular weight excluding hydrogens is 220 g/mol. The lowest BCUT2D eigenvalue weighted by Crippen LogP contribution is -2.38. The molecule has 0 N–H and O–H groups in total. The SMILES string of the molecule is CC1(C)CC2(CC2CCl)c2ccccc2O1. The predicted octanol–water partition coefficient (Wildman–Crippen LogP) is 3.74. The number of rotatable bonds is 1. The van der Waals surface area contributed by atoms with Crippen LogP contribution in [0.25, 0.3) is 0 Å². The second kappa shape index (κ2) is 3.16. The van der Waals surface area contributed by atoms with Crippen LogP contribution < -0.4 is 4.74 Å². The topological polar surface area (TPSA) is 9.23 Å².